The summed E-state index contributed by atoms with van der Waals surface area (Å²) >= 11 is 3.49. The lowest BCUT2D eigenvalue weighted by Crippen LogP contribution is -2.41. The Bertz CT molecular complexity index is 544. The Balaban J connectivity index is 0.00000192. The number of hydrogen-bond donors (Lipinski definition) is 1. The summed E-state index contributed by atoms with van der Waals surface area (Å²) in [5.74, 6) is 0.424. The molecule has 0 aliphatic heterocycles. The van der Waals surface area contributed by atoms with Gasteiger partial charge in [-0.15, -0.1) is 12.4 Å². The second-order valence-corrected chi connectivity index (χ2v) is 8.02. The van der Waals surface area contributed by atoms with Gasteiger partial charge in [-0.3, -0.25) is 4.79 Å². The number of rotatable bonds is 4. The molecule has 23 heavy (non-hydrogen) atoms. The molecule has 3 nitrogen and oxygen atoms in total. The van der Waals surface area contributed by atoms with E-state index in [-0.39, 0.29) is 29.8 Å². The van der Waals surface area contributed by atoms with Crippen molar-refractivity contribution < 1.29 is 4.79 Å². The highest BCUT2D eigenvalue weighted by Crippen LogP contribution is 2.49. The average Bonchev–Trinajstić information content (AvgIpc) is 3.27. The predicted octanol–water partition coefficient (Wildman–Crippen LogP) is 3.88. The SMILES string of the molecule is CN(CC1(c2ccc(Br)cc2)CC1)C(=O)C1CCCC(N)C1.Cl. The van der Waals surface area contributed by atoms with E-state index in [9.17, 15) is 4.79 Å². The molecule has 128 valence electrons. The quantitative estimate of drug-likeness (QED) is 0.832. The topological polar surface area (TPSA) is 46.3 Å². The Morgan fingerprint density at radius 2 is 1.96 bits per heavy atom. The average molecular weight is 402 g/mol. The van der Waals surface area contributed by atoms with Crippen molar-refractivity contribution in [1.82, 2.24) is 4.90 Å². The molecule has 1 aromatic rings. The third kappa shape index (κ3) is 4.28. The van der Waals surface area contributed by atoms with Crippen molar-refractivity contribution in [3.8, 4) is 0 Å². The standard InChI is InChI=1S/C18H25BrN2O.ClH/c1-21(17(22)13-3-2-4-16(20)11-13)12-18(9-10-18)14-5-7-15(19)8-6-14;/h5-8,13,16H,2-4,9-12,20H2,1H3;1H. The Morgan fingerprint density at radius 1 is 1.30 bits per heavy atom. The van der Waals surface area contributed by atoms with Crippen LogP contribution in [0.5, 0.6) is 0 Å². The maximum absolute atomic E-state index is 12.7. The van der Waals surface area contributed by atoms with Gasteiger partial charge in [0.25, 0.3) is 0 Å². The number of amides is 1. The predicted molar refractivity (Wildman–Crippen MR) is 99.9 cm³/mol. The molecule has 2 N–H and O–H groups in total. The van der Waals surface area contributed by atoms with E-state index < -0.39 is 0 Å². The van der Waals surface area contributed by atoms with Crippen LogP contribution in [0.25, 0.3) is 0 Å². The number of carbonyl (C=O) groups excluding carboxylic acids is 1. The molecular weight excluding hydrogens is 376 g/mol. The van der Waals surface area contributed by atoms with E-state index in [1.807, 2.05) is 11.9 Å². The zero-order valence-corrected chi connectivity index (χ0v) is 16.0. The van der Waals surface area contributed by atoms with Gasteiger partial charge in [0, 0.05) is 35.4 Å². The minimum atomic E-state index is 0. The Kier molecular flexibility index (Phi) is 6.15. The summed E-state index contributed by atoms with van der Waals surface area (Å²) in [6, 6.07) is 8.77. The van der Waals surface area contributed by atoms with Crippen LogP contribution in [-0.2, 0) is 10.2 Å². The molecule has 0 spiro atoms. The molecule has 5 heteroatoms. The molecule has 1 amide bonds. The molecule has 2 aliphatic carbocycles. The van der Waals surface area contributed by atoms with Crippen LogP contribution in [0.15, 0.2) is 28.7 Å². The normalized spacial score (nSPS) is 25.3. The first-order chi connectivity index (χ1) is 10.5. The van der Waals surface area contributed by atoms with Crippen molar-refractivity contribution in [3.05, 3.63) is 34.3 Å². The van der Waals surface area contributed by atoms with Crippen molar-refractivity contribution in [2.75, 3.05) is 13.6 Å². The molecular formula is C18H26BrClN2O. The minimum Gasteiger partial charge on any atom is -0.345 e. The first-order valence-corrected chi connectivity index (χ1v) is 9.06. The van der Waals surface area contributed by atoms with Crippen molar-refractivity contribution in [3.63, 3.8) is 0 Å². The van der Waals surface area contributed by atoms with Crippen molar-refractivity contribution in [1.29, 1.82) is 0 Å². The Hall–Kier alpha value is -0.580. The summed E-state index contributed by atoms with van der Waals surface area (Å²) in [7, 11) is 1.96. The lowest BCUT2D eigenvalue weighted by molar-refractivity contribution is -0.135. The fourth-order valence-corrected chi connectivity index (χ4v) is 4.05. The van der Waals surface area contributed by atoms with Gasteiger partial charge in [0.15, 0.2) is 0 Å². The number of nitrogens with two attached hydrogens (primary N) is 1. The van der Waals surface area contributed by atoms with Gasteiger partial charge in [-0.05, 0) is 49.8 Å². The van der Waals surface area contributed by atoms with E-state index in [2.05, 4.69) is 40.2 Å². The van der Waals surface area contributed by atoms with Crippen LogP contribution < -0.4 is 5.73 Å². The number of carbonyl (C=O) groups is 1. The van der Waals surface area contributed by atoms with E-state index >= 15 is 0 Å². The molecule has 0 aromatic heterocycles. The number of likely N-dealkylation sites (N-methyl/N-ethyl adjacent to an activating group) is 1. The van der Waals surface area contributed by atoms with Crippen molar-refractivity contribution in [2.24, 2.45) is 11.7 Å². The van der Waals surface area contributed by atoms with Crippen molar-refractivity contribution in [2.45, 2.75) is 50.0 Å². The van der Waals surface area contributed by atoms with E-state index in [1.165, 1.54) is 18.4 Å². The Morgan fingerprint density at radius 3 is 2.52 bits per heavy atom. The first kappa shape index (κ1) is 18.8. The number of benzene rings is 1. The molecule has 0 saturated heterocycles. The van der Waals surface area contributed by atoms with E-state index in [0.717, 1.165) is 36.7 Å². The van der Waals surface area contributed by atoms with Gasteiger partial charge in [-0.1, -0.05) is 34.5 Å². The molecule has 2 unspecified atom stereocenters. The van der Waals surface area contributed by atoms with E-state index in [0.29, 0.717) is 5.91 Å². The number of hydrogen-bond acceptors (Lipinski definition) is 2. The molecule has 2 atom stereocenters. The van der Waals surface area contributed by atoms with Gasteiger partial charge in [-0.25, -0.2) is 0 Å². The van der Waals surface area contributed by atoms with Crippen LogP contribution in [0, 0.1) is 5.92 Å². The van der Waals surface area contributed by atoms with Gasteiger partial charge < -0.3 is 10.6 Å². The summed E-state index contributed by atoms with van der Waals surface area (Å²) < 4.78 is 1.10. The number of nitrogens with zero attached hydrogens (tertiary/aromatic N) is 1. The highest BCUT2D eigenvalue weighted by atomic mass is 79.9. The first-order valence-electron chi connectivity index (χ1n) is 8.27. The van der Waals surface area contributed by atoms with Gasteiger partial charge >= 0.3 is 0 Å². The highest BCUT2D eigenvalue weighted by molar-refractivity contribution is 9.10. The zero-order valence-electron chi connectivity index (χ0n) is 13.6. The molecule has 0 heterocycles. The fourth-order valence-electron chi connectivity index (χ4n) is 3.79. The van der Waals surface area contributed by atoms with Gasteiger partial charge in [-0.2, -0.15) is 0 Å². The molecule has 2 saturated carbocycles. The molecule has 0 radical (unpaired) electrons. The number of halogens is 2. The van der Waals surface area contributed by atoms with Crippen LogP contribution in [-0.4, -0.2) is 30.4 Å². The second kappa shape index (κ2) is 7.54. The summed E-state index contributed by atoms with van der Waals surface area (Å²) in [6.45, 7) is 0.833. The van der Waals surface area contributed by atoms with Gasteiger partial charge in [0.2, 0.25) is 5.91 Å². The smallest absolute Gasteiger partial charge is 0.225 e. The summed E-state index contributed by atoms with van der Waals surface area (Å²) in [6.07, 6.45) is 6.36. The van der Waals surface area contributed by atoms with Crippen LogP contribution >= 0.6 is 28.3 Å². The monoisotopic (exact) mass is 400 g/mol. The lowest BCUT2D eigenvalue weighted by Gasteiger charge is -2.31. The van der Waals surface area contributed by atoms with E-state index in [1.54, 1.807) is 0 Å². The summed E-state index contributed by atoms with van der Waals surface area (Å²) in [5, 5.41) is 0. The fraction of sp³-hybridized carbons (Fsp3) is 0.611. The van der Waals surface area contributed by atoms with Crippen LogP contribution in [0.2, 0.25) is 0 Å². The van der Waals surface area contributed by atoms with Crippen molar-refractivity contribution >= 4 is 34.2 Å². The largest absolute Gasteiger partial charge is 0.345 e. The Labute approximate surface area is 153 Å². The second-order valence-electron chi connectivity index (χ2n) is 7.11. The summed E-state index contributed by atoms with van der Waals surface area (Å²) in [5.41, 5.74) is 7.57. The van der Waals surface area contributed by atoms with E-state index in [4.69, 9.17) is 5.73 Å². The molecule has 3 rings (SSSR count). The summed E-state index contributed by atoms with van der Waals surface area (Å²) in [4.78, 5) is 14.7. The minimum absolute atomic E-state index is 0. The maximum Gasteiger partial charge on any atom is 0.225 e. The lowest BCUT2D eigenvalue weighted by atomic mass is 9.85. The van der Waals surface area contributed by atoms with Crippen LogP contribution in [0.1, 0.15) is 44.1 Å². The van der Waals surface area contributed by atoms with Gasteiger partial charge in [0.1, 0.15) is 0 Å². The van der Waals surface area contributed by atoms with Gasteiger partial charge in [0.05, 0.1) is 0 Å². The molecule has 0 bridgehead atoms. The highest BCUT2D eigenvalue weighted by Gasteiger charge is 2.46. The zero-order chi connectivity index (χ0) is 15.7. The third-order valence-corrected chi connectivity index (χ3v) is 5.82. The van der Waals surface area contributed by atoms with Crippen LogP contribution in [0.3, 0.4) is 0 Å². The van der Waals surface area contributed by atoms with Crippen LogP contribution in [0.4, 0.5) is 0 Å². The molecule has 2 aliphatic rings. The molecule has 1 aromatic carbocycles. The molecule has 2 fully saturated rings. The maximum atomic E-state index is 12.7. The third-order valence-electron chi connectivity index (χ3n) is 5.29.